The van der Waals surface area contributed by atoms with E-state index in [9.17, 15) is 4.79 Å². The van der Waals surface area contributed by atoms with Crippen molar-refractivity contribution in [3.63, 3.8) is 0 Å². The van der Waals surface area contributed by atoms with Crippen molar-refractivity contribution in [1.82, 2.24) is 0 Å². The van der Waals surface area contributed by atoms with Crippen molar-refractivity contribution in [2.45, 2.75) is 6.92 Å². The van der Waals surface area contributed by atoms with E-state index in [1.807, 2.05) is 0 Å². The first-order valence-corrected chi connectivity index (χ1v) is 5.24. The summed E-state index contributed by atoms with van der Waals surface area (Å²) in [6.07, 6.45) is 0. The van der Waals surface area contributed by atoms with Gasteiger partial charge in [-0.15, -0.1) is 0 Å². The minimum absolute atomic E-state index is 0.0155. The molecular formula is C12H16O6. The summed E-state index contributed by atoms with van der Waals surface area (Å²) in [7, 11) is 3.00. The largest absolute Gasteiger partial charge is 0.464 e. The van der Waals surface area contributed by atoms with Gasteiger partial charge in [0.25, 0.3) is 0 Å². The predicted molar refractivity (Wildman–Crippen MR) is 62.8 cm³/mol. The zero-order chi connectivity index (χ0) is 13.4. The zero-order valence-electron chi connectivity index (χ0n) is 10.6. The minimum atomic E-state index is -0.443. The number of hydrogen-bond donors (Lipinski definition) is 0. The summed E-state index contributed by atoms with van der Waals surface area (Å²) in [5.74, 6) is 0.536. The molecule has 1 rings (SSSR count). The number of para-hydroxylation sites is 1. The Bertz CT molecular complexity index is 390. The maximum absolute atomic E-state index is 11.0. The second-order valence-corrected chi connectivity index (χ2v) is 3.28. The predicted octanol–water partition coefficient (Wildman–Crippen LogP) is 1.58. The van der Waals surface area contributed by atoms with Crippen molar-refractivity contribution < 1.29 is 28.5 Å². The van der Waals surface area contributed by atoms with Crippen LogP contribution >= 0.6 is 0 Å². The molecule has 0 atom stereocenters. The van der Waals surface area contributed by atoms with Crippen molar-refractivity contribution in [1.29, 1.82) is 0 Å². The van der Waals surface area contributed by atoms with Gasteiger partial charge in [0, 0.05) is 21.1 Å². The Morgan fingerprint density at radius 1 is 1.06 bits per heavy atom. The molecule has 0 spiro atoms. The molecule has 6 nitrogen and oxygen atoms in total. The standard InChI is InChI=1S/C12H16O6/c1-9(13)18-11-6-4-5-10(16-7-14-2)12(11)17-8-15-3/h4-6H,7-8H2,1-3H3. The summed E-state index contributed by atoms with van der Waals surface area (Å²) in [6, 6.07) is 4.96. The summed E-state index contributed by atoms with van der Waals surface area (Å²) in [6.45, 7) is 1.39. The number of hydrogen-bond acceptors (Lipinski definition) is 6. The maximum atomic E-state index is 11.0. The van der Waals surface area contributed by atoms with Crippen LogP contribution < -0.4 is 14.2 Å². The van der Waals surface area contributed by atoms with E-state index < -0.39 is 5.97 Å². The van der Waals surface area contributed by atoms with Crippen LogP contribution in [0.15, 0.2) is 18.2 Å². The van der Waals surface area contributed by atoms with E-state index >= 15 is 0 Å². The lowest BCUT2D eigenvalue weighted by molar-refractivity contribution is -0.132. The smallest absolute Gasteiger partial charge is 0.308 e. The Labute approximate surface area is 105 Å². The second-order valence-electron chi connectivity index (χ2n) is 3.28. The lowest BCUT2D eigenvalue weighted by atomic mass is 10.3. The molecule has 0 aromatic heterocycles. The molecule has 100 valence electrons. The SMILES string of the molecule is COCOc1cccc(OC(C)=O)c1OCOC. The molecule has 0 fully saturated rings. The number of benzene rings is 1. The minimum Gasteiger partial charge on any atom is -0.464 e. The fourth-order valence-corrected chi connectivity index (χ4v) is 1.23. The van der Waals surface area contributed by atoms with E-state index in [-0.39, 0.29) is 19.3 Å². The van der Waals surface area contributed by atoms with Gasteiger partial charge in [0.2, 0.25) is 5.75 Å². The monoisotopic (exact) mass is 256 g/mol. The molecule has 18 heavy (non-hydrogen) atoms. The van der Waals surface area contributed by atoms with E-state index in [0.29, 0.717) is 11.5 Å². The summed E-state index contributed by atoms with van der Waals surface area (Å²) < 4.78 is 25.3. The molecule has 6 heteroatoms. The molecule has 0 aliphatic heterocycles. The van der Waals surface area contributed by atoms with Gasteiger partial charge in [-0.3, -0.25) is 4.79 Å². The van der Waals surface area contributed by atoms with Gasteiger partial charge in [-0.25, -0.2) is 0 Å². The van der Waals surface area contributed by atoms with Gasteiger partial charge in [-0.2, -0.15) is 0 Å². The third-order valence-electron chi connectivity index (χ3n) is 1.85. The first-order valence-electron chi connectivity index (χ1n) is 5.24. The summed E-state index contributed by atoms with van der Waals surface area (Å²) in [4.78, 5) is 11.0. The second kappa shape index (κ2) is 7.52. The molecule has 1 aromatic carbocycles. The van der Waals surface area contributed by atoms with Gasteiger partial charge in [0.15, 0.2) is 25.1 Å². The van der Waals surface area contributed by atoms with Gasteiger partial charge in [0.1, 0.15) is 0 Å². The van der Waals surface area contributed by atoms with E-state index in [2.05, 4.69) is 0 Å². The van der Waals surface area contributed by atoms with E-state index in [1.54, 1.807) is 18.2 Å². The van der Waals surface area contributed by atoms with Gasteiger partial charge in [-0.05, 0) is 12.1 Å². The first kappa shape index (κ1) is 14.3. The highest BCUT2D eigenvalue weighted by atomic mass is 16.7. The summed E-state index contributed by atoms with van der Waals surface area (Å²) >= 11 is 0. The Morgan fingerprint density at radius 2 is 1.67 bits per heavy atom. The molecule has 0 aliphatic rings. The Hall–Kier alpha value is -1.79. The van der Waals surface area contributed by atoms with Crippen LogP contribution in [0, 0.1) is 0 Å². The molecule has 0 unspecified atom stereocenters. The molecule has 0 saturated heterocycles. The number of carbonyl (C=O) groups excluding carboxylic acids is 1. The number of methoxy groups -OCH3 is 2. The van der Waals surface area contributed by atoms with Crippen LogP contribution in [0.25, 0.3) is 0 Å². The molecule has 0 amide bonds. The molecule has 0 bridgehead atoms. The molecule has 0 heterocycles. The molecular weight excluding hydrogens is 240 g/mol. The average Bonchev–Trinajstić information content (AvgIpc) is 2.34. The van der Waals surface area contributed by atoms with Crippen LogP contribution in [-0.2, 0) is 14.3 Å². The van der Waals surface area contributed by atoms with Crippen LogP contribution in [0.3, 0.4) is 0 Å². The number of carbonyl (C=O) groups is 1. The van der Waals surface area contributed by atoms with Crippen LogP contribution in [0.4, 0.5) is 0 Å². The fourth-order valence-electron chi connectivity index (χ4n) is 1.23. The van der Waals surface area contributed by atoms with E-state index in [4.69, 9.17) is 23.7 Å². The average molecular weight is 256 g/mol. The quantitative estimate of drug-likeness (QED) is 0.419. The summed E-state index contributed by atoms with van der Waals surface area (Å²) in [5.41, 5.74) is 0. The van der Waals surface area contributed by atoms with Gasteiger partial charge in [0.05, 0.1) is 0 Å². The highest BCUT2D eigenvalue weighted by Gasteiger charge is 2.14. The highest BCUT2D eigenvalue weighted by molar-refractivity contribution is 5.71. The molecule has 1 aromatic rings. The van der Waals surface area contributed by atoms with E-state index in [0.717, 1.165) is 0 Å². The van der Waals surface area contributed by atoms with Gasteiger partial charge in [-0.1, -0.05) is 6.07 Å². The molecule has 0 radical (unpaired) electrons. The molecule has 0 N–H and O–H groups in total. The Kier molecular flexibility index (Phi) is 5.96. The van der Waals surface area contributed by atoms with Crippen LogP contribution in [0.5, 0.6) is 17.2 Å². The molecule has 0 aliphatic carbocycles. The topological polar surface area (TPSA) is 63.2 Å². The third kappa shape index (κ3) is 4.23. The number of ether oxygens (including phenoxy) is 5. The van der Waals surface area contributed by atoms with Crippen molar-refractivity contribution in [3.8, 4) is 17.2 Å². The van der Waals surface area contributed by atoms with Crippen LogP contribution in [0.1, 0.15) is 6.92 Å². The van der Waals surface area contributed by atoms with Crippen LogP contribution in [0.2, 0.25) is 0 Å². The lowest BCUT2D eigenvalue weighted by Gasteiger charge is -2.14. The van der Waals surface area contributed by atoms with Gasteiger partial charge < -0.3 is 23.7 Å². The zero-order valence-corrected chi connectivity index (χ0v) is 10.6. The van der Waals surface area contributed by atoms with Crippen molar-refractivity contribution >= 4 is 5.97 Å². The highest BCUT2D eigenvalue weighted by Crippen LogP contribution is 2.37. The van der Waals surface area contributed by atoms with Crippen LogP contribution in [-0.4, -0.2) is 33.8 Å². The summed E-state index contributed by atoms with van der Waals surface area (Å²) in [5, 5.41) is 0. The van der Waals surface area contributed by atoms with Crippen molar-refractivity contribution in [2.24, 2.45) is 0 Å². The fraction of sp³-hybridized carbons (Fsp3) is 0.417. The maximum Gasteiger partial charge on any atom is 0.308 e. The van der Waals surface area contributed by atoms with Crippen molar-refractivity contribution in [2.75, 3.05) is 27.8 Å². The number of esters is 1. The third-order valence-corrected chi connectivity index (χ3v) is 1.85. The lowest BCUT2D eigenvalue weighted by Crippen LogP contribution is -2.08. The van der Waals surface area contributed by atoms with E-state index in [1.165, 1.54) is 21.1 Å². The van der Waals surface area contributed by atoms with Crippen molar-refractivity contribution in [3.05, 3.63) is 18.2 Å². The normalized spacial score (nSPS) is 9.94. The Balaban J connectivity index is 2.95. The molecule has 0 saturated carbocycles. The Morgan fingerprint density at radius 3 is 2.28 bits per heavy atom. The first-order chi connectivity index (χ1) is 8.69. The number of rotatable bonds is 7. The van der Waals surface area contributed by atoms with Gasteiger partial charge >= 0.3 is 5.97 Å².